The van der Waals surface area contributed by atoms with E-state index in [9.17, 15) is 0 Å². The summed E-state index contributed by atoms with van der Waals surface area (Å²) in [4.78, 5) is 4.55. The molecule has 1 heterocycles. The van der Waals surface area contributed by atoms with Crippen LogP contribution in [0.1, 0.15) is 19.4 Å². The van der Waals surface area contributed by atoms with Crippen LogP contribution in [0.5, 0.6) is 0 Å². The molecule has 1 heteroatoms. The van der Waals surface area contributed by atoms with Gasteiger partial charge in [-0.3, -0.25) is 4.98 Å². The Morgan fingerprint density at radius 2 is 1.50 bits per heavy atom. The van der Waals surface area contributed by atoms with E-state index in [1.807, 2.05) is 12.3 Å². The molecule has 0 radical (unpaired) electrons. The maximum atomic E-state index is 4.55. The minimum Gasteiger partial charge on any atom is -0.256 e. The quantitative estimate of drug-likeness (QED) is 0.607. The maximum Gasteiger partial charge on any atom is 0.0704 e. The lowest BCUT2D eigenvalue weighted by molar-refractivity contribution is 0.647. The maximum absolute atomic E-state index is 4.55. The molecule has 0 aliphatic rings. The molecule has 22 heavy (non-hydrogen) atoms. The van der Waals surface area contributed by atoms with Gasteiger partial charge in [-0.1, -0.05) is 62.4 Å². The summed E-state index contributed by atoms with van der Waals surface area (Å²) in [6.45, 7) is 4.49. The van der Waals surface area contributed by atoms with E-state index >= 15 is 0 Å². The van der Waals surface area contributed by atoms with E-state index in [0.717, 1.165) is 12.1 Å². The van der Waals surface area contributed by atoms with Gasteiger partial charge in [-0.25, -0.2) is 0 Å². The van der Waals surface area contributed by atoms with Crippen molar-refractivity contribution in [3.63, 3.8) is 0 Å². The van der Waals surface area contributed by atoms with Crippen molar-refractivity contribution in [3.8, 4) is 22.4 Å². The topological polar surface area (TPSA) is 12.9 Å². The van der Waals surface area contributed by atoms with Crippen molar-refractivity contribution in [3.05, 3.63) is 78.5 Å². The minimum atomic E-state index is 0.658. The molecule has 0 aliphatic carbocycles. The van der Waals surface area contributed by atoms with Crippen molar-refractivity contribution in [2.24, 2.45) is 5.92 Å². The molecule has 1 aromatic heterocycles. The number of benzene rings is 2. The van der Waals surface area contributed by atoms with E-state index in [2.05, 4.69) is 79.5 Å². The van der Waals surface area contributed by atoms with Crippen molar-refractivity contribution in [1.29, 1.82) is 0 Å². The summed E-state index contributed by atoms with van der Waals surface area (Å²) >= 11 is 0. The van der Waals surface area contributed by atoms with Gasteiger partial charge in [0.25, 0.3) is 0 Å². The van der Waals surface area contributed by atoms with E-state index in [0.29, 0.717) is 5.92 Å². The van der Waals surface area contributed by atoms with Gasteiger partial charge in [0, 0.05) is 11.8 Å². The highest BCUT2D eigenvalue weighted by Gasteiger charge is 2.05. The summed E-state index contributed by atoms with van der Waals surface area (Å²) in [7, 11) is 0. The molecular formula is C21H21N. The van der Waals surface area contributed by atoms with E-state index < -0.39 is 0 Å². The van der Waals surface area contributed by atoms with Crippen LogP contribution in [0.4, 0.5) is 0 Å². The van der Waals surface area contributed by atoms with Gasteiger partial charge >= 0.3 is 0 Å². The molecule has 0 fully saturated rings. The number of hydrogen-bond donors (Lipinski definition) is 0. The van der Waals surface area contributed by atoms with E-state index in [1.54, 1.807) is 0 Å². The molecular weight excluding hydrogens is 266 g/mol. The van der Waals surface area contributed by atoms with Gasteiger partial charge in [0.2, 0.25) is 0 Å². The predicted molar refractivity (Wildman–Crippen MR) is 93.7 cm³/mol. The Bertz CT molecular complexity index is 745. The zero-order valence-corrected chi connectivity index (χ0v) is 13.2. The van der Waals surface area contributed by atoms with Gasteiger partial charge in [-0.15, -0.1) is 0 Å². The Balaban J connectivity index is 1.96. The van der Waals surface area contributed by atoms with Crippen molar-refractivity contribution in [2.75, 3.05) is 0 Å². The van der Waals surface area contributed by atoms with Crippen LogP contribution in [0.15, 0.2) is 72.9 Å². The van der Waals surface area contributed by atoms with Crippen LogP contribution in [-0.2, 0) is 6.42 Å². The Labute approximate surface area is 132 Å². The van der Waals surface area contributed by atoms with Gasteiger partial charge in [-0.2, -0.15) is 0 Å². The van der Waals surface area contributed by atoms with Crippen LogP contribution in [0.3, 0.4) is 0 Å². The van der Waals surface area contributed by atoms with Crippen LogP contribution in [0.25, 0.3) is 22.4 Å². The third kappa shape index (κ3) is 3.43. The lowest BCUT2D eigenvalue weighted by Gasteiger charge is -2.08. The van der Waals surface area contributed by atoms with E-state index in [4.69, 9.17) is 0 Å². The molecule has 0 saturated carbocycles. The normalized spacial score (nSPS) is 10.9. The highest BCUT2D eigenvalue weighted by molar-refractivity contribution is 5.71. The molecule has 0 saturated heterocycles. The molecule has 0 unspecified atom stereocenters. The highest BCUT2D eigenvalue weighted by Crippen LogP contribution is 2.25. The first-order valence-corrected chi connectivity index (χ1v) is 7.83. The second kappa shape index (κ2) is 6.57. The Hall–Kier alpha value is -2.41. The number of aromatic nitrogens is 1. The molecule has 2 aromatic carbocycles. The van der Waals surface area contributed by atoms with Crippen LogP contribution in [0.2, 0.25) is 0 Å². The summed E-state index contributed by atoms with van der Waals surface area (Å²) < 4.78 is 0. The third-order valence-electron chi connectivity index (χ3n) is 3.73. The molecule has 0 spiro atoms. The van der Waals surface area contributed by atoms with Crippen LogP contribution < -0.4 is 0 Å². The standard InChI is InChI=1S/C21H21N/c1-16(2)13-17-11-12-22-21(14-17)20-10-6-9-19(15-20)18-7-4-3-5-8-18/h3-12,14-16H,13H2,1-2H3. The highest BCUT2D eigenvalue weighted by atomic mass is 14.7. The van der Waals surface area contributed by atoms with Crippen molar-refractivity contribution < 1.29 is 0 Å². The van der Waals surface area contributed by atoms with Gasteiger partial charge < -0.3 is 0 Å². The SMILES string of the molecule is CC(C)Cc1ccnc(-c2cccc(-c3ccccc3)c2)c1. The summed E-state index contributed by atoms with van der Waals surface area (Å²) in [6, 6.07) is 23.4. The van der Waals surface area contributed by atoms with Gasteiger partial charge in [-0.05, 0) is 47.2 Å². The fourth-order valence-corrected chi connectivity index (χ4v) is 2.72. The first-order valence-electron chi connectivity index (χ1n) is 7.83. The molecule has 0 atom stereocenters. The van der Waals surface area contributed by atoms with E-state index in [-0.39, 0.29) is 0 Å². The van der Waals surface area contributed by atoms with Gasteiger partial charge in [0.15, 0.2) is 0 Å². The van der Waals surface area contributed by atoms with Crippen LogP contribution in [0, 0.1) is 5.92 Å². The Morgan fingerprint density at radius 1 is 0.773 bits per heavy atom. The number of hydrogen-bond acceptors (Lipinski definition) is 1. The third-order valence-corrected chi connectivity index (χ3v) is 3.73. The fraction of sp³-hybridized carbons (Fsp3) is 0.190. The molecule has 0 amide bonds. The first kappa shape index (κ1) is 14.5. The van der Waals surface area contributed by atoms with Crippen molar-refractivity contribution in [1.82, 2.24) is 4.98 Å². The number of pyridine rings is 1. The summed E-state index contributed by atoms with van der Waals surface area (Å²) in [5.41, 5.74) is 6.05. The Morgan fingerprint density at radius 3 is 2.27 bits per heavy atom. The smallest absolute Gasteiger partial charge is 0.0704 e. The average Bonchev–Trinajstić information content (AvgIpc) is 2.55. The zero-order chi connectivity index (χ0) is 15.4. The first-order chi connectivity index (χ1) is 10.7. The van der Waals surface area contributed by atoms with Crippen LogP contribution >= 0.6 is 0 Å². The number of nitrogens with zero attached hydrogens (tertiary/aromatic N) is 1. The molecule has 0 bridgehead atoms. The van der Waals surface area contributed by atoms with Crippen LogP contribution in [-0.4, -0.2) is 4.98 Å². The van der Waals surface area contributed by atoms with Crippen molar-refractivity contribution in [2.45, 2.75) is 20.3 Å². The molecule has 0 aliphatic heterocycles. The molecule has 0 N–H and O–H groups in total. The summed E-state index contributed by atoms with van der Waals surface area (Å²) in [5.74, 6) is 0.658. The molecule has 1 nitrogen and oxygen atoms in total. The second-order valence-electron chi connectivity index (χ2n) is 6.09. The van der Waals surface area contributed by atoms with Gasteiger partial charge in [0.1, 0.15) is 0 Å². The minimum absolute atomic E-state index is 0.658. The average molecular weight is 287 g/mol. The van der Waals surface area contributed by atoms with Crippen molar-refractivity contribution >= 4 is 0 Å². The Kier molecular flexibility index (Phi) is 4.34. The summed E-state index contributed by atoms with van der Waals surface area (Å²) in [5, 5.41) is 0. The molecule has 110 valence electrons. The van der Waals surface area contributed by atoms with Gasteiger partial charge in [0.05, 0.1) is 5.69 Å². The molecule has 3 rings (SSSR count). The lowest BCUT2D eigenvalue weighted by atomic mass is 9.99. The fourth-order valence-electron chi connectivity index (χ4n) is 2.72. The number of rotatable bonds is 4. The second-order valence-corrected chi connectivity index (χ2v) is 6.09. The molecule has 3 aromatic rings. The monoisotopic (exact) mass is 287 g/mol. The lowest BCUT2D eigenvalue weighted by Crippen LogP contribution is -1.95. The van der Waals surface area contributed by atoms with E-state index in [1.165, 1.54) is 22.3 Å². The summed E-state index contributed by atoms with van der Waals surface area (Å²) in [6.07, 6.45) is 3.01. The zero-order valence-electron chi connectivity index (χ0n) is 13.2. The largest absolute Gasteiger partial charge is 0.256 e. The predicted octanol–water partition coefficient (Wildman–Crippen LogP) is 5.61.